The van der Waals surface area contributed by atoms with Crippen LogP contribution in [0, 0.1) is 10.8 Å². The molecule has 2 saturated heterocycles. The van der Waals surface area contributed by atoms with Crippen LogP contribution in [0.1, 0.15) is 106 Å². The molecular formula is C29H48N4O6. The second-order valence-electron chi connectivity index (χ2n) is 12.7. The van der Waals surface area contributed by atoms with Gasteiger partial charge in [-0.3, -0.25) is 19.2 Å². The minimum absolute atomic E-state index is 0.0563. The molecule has 2 aliphatic heterocycles. The fourth-order valence-electron chi connectivity index (χ4n) is 5.34. The van der Waals surface area contributed by atoms with Gasteiger partial charge in [-0.05, 0) is 51.4 Å². The quantitative estimate of drug-likeness (QED) is 0.260. The van der Waals surface area contributed by atoms with E-state index < -0.39 is 35.5 Å². The van der Waals surface area contributed by atoms with Crippen LogP contribution in [-0.4, -0.2) is 87.4 Å². The Labute approximate surface area is 233 Å². The van der Waals surface area contributed by atoms with Gasteiger partial charge in [0.25, 0.3) is 11.8 Å². The highest BCUT2D eigenvalue weighted by molar-refractivity contribution is 6.06. The first-order valence-electron chi connectivity index (χ1n) is 14.4. The van der Waals surface area contributed by atoms with Crippen molar-refractivity contribution in [2.24, 2.45) is 10.8 Å². The lowest BCUT2D eigenvalue weighted by atomic mass is 9.81. The standard InChI is InChI=1S/C29H48N4O6/c1-8-30-19-23(36)32(26(30)38)25(33-24(37)20-31(9-2)27(33)39)29(6,7)18-12-16-22(35)14-10-13-21(34)15-11-17-28(3,4)5/h25H,8-20H2,1-7H3. The first-order chi connectivity index (χ1) is 18.1. The molecule has 2 aliphatic rings. The first kappa shape index (κ1) is 32.4. The smallest absolute Gasteiger partial charge is 0.315 e. The summed E-state index contributed by atoms with van der Waals surface area (Å²) in [6, 6.07) is -1.03. The number of rotatable bonds is 16. The van der Waals surface area contributed by atoms with Gasteiger partial charge in [0.2, 0.25) is 0 Å². The van der Waals surface area contributed by atoms with Crippen molar-refractivity contribution in [2.75, 3.05) is 26.2 Å². The van der Waals surface area contributed by atoms with Crippen LogP contribution in [0.2, 0.25) is 0 Å². The Morgan fingerprint density at radius 2 is 1.05 bits per heavy atom. The van der Waals surface area contributed by atoms with Crippen molar-refractivity contribution in [3.8, 4) is 0 Å². The monoisotopic (exact) mass is 548 g/mol. The fourth-order valence-corrected chi connectivity index (χ4v) is 5.34. The van der Waals surface area contributed by atoms with Crippen molar-refractivity contribution in [3.63, 3.8) is 0 Å². The van der Waals surface area contributed by atoms with E-state index in [1.165, 1.54) is 9.80 Å². The van der Waals surface area contributed by atoms with Gasteiger partial charge >= 0.3 is 12.1 Å². The van der Waals surface area contributed by atoms with E-state index in [9.17, 15) is 28.8 Å². The van der Waals surface area contributed by atoms with Crippen LogP contribution in [0.5, 0.6) is 0 Å². The molecule has 0 atom stereocenters. The molecule has 0 aromatic heterocycles. The van der Waals surface area contributed by atoms with Crippen LogP contribution in [-0.2, 0) is 19.2 Å². The lowest BCUT2D eigenvalue weighted by Gasteiger charge is -2.43. The summed E-state index contributed by atoms with van der Waals surface area (Å²) in [6.45, 7) is 14.1. The molecule has 0 N–H and O–H groups in total. The average Bonchev–Trinajstić information content (AvgIpc) is 3.27. The zero-order valence-corrected chi connectivity index (χ0v) is 25.0. The summed E-state index contributed by atoms with van der Waals surface area (Å²) in [6.07, 6.45) is 3.78. The summed E-state index contributed by atoms with van der Waals surface area (Å²) in [7, 11) is 0. The third-order valence-corrected chi connectivity index (χ3v) is 7.66. The summed E-state index contributed by atoms with van der Waals surface area (Å²) in [5.41, 5.74) is -0.633. The third kappa shape index (κ3) is 8.60. The van der Waals surface area contributed by atoms with Crippen molar-refractivity contribution in [1.82, 2.24) is 19.6 Å². The van der Waals surface area contributed by atoms with Crippen LogP contribution < -0.4 is 0 Å². The molecule has 10 heteroatoms. The molecule has 0 unspecified atom stereocenters. The molecule has 10 nitrogen and oxygen atoms in total. The van der Waals surface area contributed by atoms with E-state index in [1.54, 1.807) is 13.8 Å². The third-order valence-electron chi connectivity index (χ3n) is 7.66. The van der Waals surface area contributed by atoms with E-state index in [1.807, 2.05) is 13.8 Å². The number of amides is 6. The van der Waals surface area contributed by atoms with E-state index in [2.05, 4.69) is 20.8 Å². The number of carbonyl (C=O) groups excluding carboxylic acids is 6. The Bertz CT molecular complexity index is 912. The highest BCUT2D eigenvalue weighted by Gasteiger charge is 2.54. The molecule has 6 amide bonds. The fraction of sp³-hybridized carbons (Fsp3) is 0.793. The molecule has 0 bridgehead atoms. The molecule has 0 saturated carbocycles. The van der Waals surface area contributed by atoms with Gasteiger partial charge in [-0.1, -0.05) is 34.6 Å². The molecular weight excluding hydrogens is 500 g/mol. The molecule has 0 aliphatic carbocycles. The molecule has 220 valence electrons. The number of nitrogens with zero attached hydrogens (tertiary/aromatic N) is 4. The SMILES string of the molecule is CCN1CC(=O)N(C(N2C(=O)CN(CC)C2=O)C(C)(C)CCCC(=O)CCCC(=O)CCCC(C)(C)C)C1=O. The number of imide groups is 2. The van der Waals surface area contributed by atoms with E-state index in [0.717, 1.165) is 22.6 Å². The largest absolute Gasteiger partial charge is 0.328 e. The Morgan fingerprint density at radius 1 is 0.667 bits per heavy atom. The Morgan fingerprint density at radius 3 is 1.41 bits per heavy atom. The summed E-state index contributed by atoms with van der Waals surface area (Å²) in [5.74, 6) is -0.642. The van der Waals surface area contributed by atoms with Crippen molar-refractivity contribution in [3.05, 3.63) is 0 Å². The predicted molar refractivity (Wildman–Crippen MR) is 148 cm³/mol. The van der Waals surface area contributed by atoms with E-state index in [0.29, 0.717) is 58.0 Å². The number of urea groups is 2. The number of ketones is 2. The molecule has 0 aromatic carbocycles. The second kappa shape index (κ2) is 13.5. The van der Waals surface area contributed by atoms with E-state index in [-0.39, 0.29) is 30.1 Å². The van der Waals surface area contributed by atoms with Crippen molar-refractivity contribution in [2.45, 2.75) is 112 Å². The maximum atomic E-state index is 13.1. The lowest BCUT2D eigenvalue weighted by Crippen LogP contribution is -2.60. The van der Waals surface area contributed by atoms with Gasteiger partial charge in [0.1, 0.15) is 30.8 Å². The van der Waals surface area contributed by atoms with Crippen LogP contribution in [0.25, 0.3) is 0 Å². The number of hydrogen-bond acceptors (Lipinski definition) is 6. The predicted octanol–water partition coefficient (Wildman–Crippen LogP) is 4.60. The maximum Gasteiger partial charge on any atom is 0.328 e. The van der Waals surface area contributed by atoms with Crippen molar-refractivity contribution < 1.29 is 28.8 Å². The summed E-state index contributed by atoms with van der Waals surface area (Å²) >= 11 is 0. The molecule has 39 heavy (non-hydrogen) atoms. The van der Waals surface area contributed by atoms with E-state index >= 15 is 0 Å². The van der Waals surface area contributed by atoms with Gasteiger partial charge in [0, 0.05) is 44.2 Å². The zero-order chi connectivity index (χ0) is 29.5. The van der Waals surface area contributed by atoms with Crippen LogP contribution >= 0.6 is 0 Å². The molecule has 2 fully saturated rings. The van der Waals surface area contributed by atoms with Crippen molar-refractivity contribution >= 4 is 35.4 Å². The minimum atomic E-state index is -1.08. The highest BCUT2D eigenvalue weighted by atomic mass is 16.2. The summed E-state index contributed by atoms with van der Waals surface area (Å²) in [4.78, 5) is 81.7. The second-order valence-corrected chi connectivity index (χ2v) is 12.7. The normalized spacial score (nSPS) is 16.9. The highest BCUT2D eigenvalue weighted by Crippen LogP contribution is 2.37. The van der Waals surface area contributed by atoms with Gasteiger partial charge < -0.3 is 9.80 Å². The van der Waals surface area contributed by atoms with Gasteiger partial charge in [-0.25, -0.2) is 19.4 Å². The maximum absolute atomic E-state index is 13.1. The molecule has 0 aromatic rings. The average molecular weight is 549 g/mol. The number of hydrogen-bond donors (Lipinski definition) is 0. The van der Waals surface area contributed by atoms with Gasteiger partial charge in [-0.2, -0.15) is 0 Å². The van der Waals surface area contributed by atoms with Crippen LogP contribution in [0.4, 0.5) is 9.59 Å². The Hall–Kier alpha value is -2.78. The van der Waals surface area contributed by atoms with E-state index in [4.69, 9.17) is 0 Å². The first-order valence-corrected chi connectivity index (χ1v) is 14.4. The molecule has 0 radical (unpaired) electrons. The molecule has 0 spiro atoms. The summed E-state index contributed by atoms with van der Waals surface area (Å²) in [5, 5.41) is 0. The lowest BCUT2D eigenvalue weighted by molar-refractivity contribution is -0.140. The Balaban J connectivity index is 2.00. The zero-order valence-electron chi connectivity index (χ0n) is 25.0. The van der Waals surface area contributed by atoms with Gasteiger partial charge in [0.05, 0.1) is 0 Å². The Kier molecular flexibility index (Phi) is 11.2. The molecule has 2 heterocycles. The minimum Gasteiger partial charge on any atom is -0.315 e. The van der Waals surface area contributed by atoms with Crippen LogP contribution in [0.3, 0.4) is 0 Å². The molecule has 2 rings (SSSR count). The van der Waals surface area contributed by atoms with Crippen molar-refractivity contribution in [1.29, 1.82) is 0 Å². The van der Waals surface area contributed by atoms with Crippen LogP contribution in [0.15, 0.2) is 0 Å². The van der Waals surface area contributed by atoms with Gasteiger partial charge in [-0.15, -0.1) is 0 Å². The number of carbonyl (C=O) groups is 6. The topological polar surface area (TPSA) is 115 Å². The van der Waals surface area contributed by atoms with Gasteiger partial charge in [0.15, 0.2) is 0 Å². The number of Topliss-reactive ketones (excluding diaryl/α,β-unsaturated/α-hetero) is 2. The number of likely N-dealkylation sites (N-methyl/N-ethyl adjacent to an activating group) is 2. The summed E-state index contributed by atoms with van der Waals surface area (Å²) < 4.78 is 0.